The molecule has 1 fully saturated rings. The molecular formula is C16H23BrFNO2. The predicted octanol–water partition coefficient (Wildman–Crippen LogP) is 3.30. The summed E-state index contributed by atoms with van der Waals surface area (Å²) in [5.74, 6) is -0.222. The number of rotatable bonds is 6. The topological polar surface area (TPSA) is 30.5 Å². The molecule has 0 saturated carbocycles. The highest BCUT2D eigenvalue weighted by Crippen LogP contribution is 2.32. The van der Waals surface area contributed by atoms with Gasteiger partial charge in [-0.1, -0.05) is 12.1 Å². The van der Waals surface area contributed by atoms with E-state index in [-0.39, 0.29) is 17.5 Å². The molecule has 21 heavy (non-hydrogen) atoms. The fourth-order valence-electron chi connectivity index (χ4n) is 3.07. The molecule has 0 aliphatic carbocycles. The fraction of sp³-hybridized carbons (Fsp3) is 0.625. The van der Waals surface area contributed by atoms with Crippen LogP contribution in [-0.4, -0.2) is 38.5 Å². The molecule has 1 aliphatic rings. The monoisotopic (exact) mass is 359 g/mol. The first-order valence-electron chi connectivity index (χ1n) is 7.45. The van der Waals surface area contributed by atoms with Gasteiger partial charge >= 0.3 is 0 Å². The van der Waals surface area contributed by atoms with E-state index in [1.54, 1.807) is 6.07 Å². The Kier molecular flexibility index (Phi) is 6.17. The van der Waals surface area contributed by atoms with Crippen molar-refractivity contribution in [3.05, 3.63) is 34.1 Å². The van der Waals surface area contributed by atoms with Crippen LogP contribution >= 0.6 is 15.9 Å². The van der Waals surface area contributed by atoms with Gasteiger partial charge in [0.1, 0.15) is 5.82 Å². The second-order valence-corrected chi connectivity index (χ2v) is 6.16. The molecule has 0 amide bonds. The van der Waals surface area contributed by atoms with Gasteiger partial charge in [0.2, 0.25) is 0 Å². The zero-order chi connectivity index (χ0) is 15.3. The zero-order valence-electron chi connectivity index (χ0n) is 12.6. The van der Waals surface area contributed by atoms with Crippen LogP contribution in [0.15, 0.2) is 22.7 Å². The summed E-state index contributed by atoms with van der Waals surface area (Å²) in [6, 6.07) is 5.30. The summed E-state index contributed by atoms with van der Waals surface area (Å²) in [5.41, 5.74) is 0.716. The molecule has 5 heteroatoms. The van der Waals surface area contributed by atoms with Crippen LogP contribution in [-0.2, 0) is 15.9 Å². The number of ether oxygens (including phenoxy) is 2. The van der Waals surface area contributed by atoms with E-state index < -0.39 is 0 Å². The van der Waals surface area contributed by atoms with E-state index in [2.05, 4.69) is 21.2 Å². The average Bonchev–Trinajstić information content (AvgIpc) is 2.50. The maximum absolute atomic E-state index is 13.7. The van der Waals surface area contributed by atoms with Crippen molar-refractivity contribution in [3.8, 4) is 0 Å². The van der Waals surface area contributed by atoms with Crippen molar-refractivity contribution in [3.63, 3.8) is 0 Å². The SMILES string of the molecule is CCOC1(C(Cc2cccc(F)c2Br)NC)CCOCC1. The highest BCUT2D eigenvalue weighted by atomic mass is 79.9. The van der Waals surface area contributed by atoms with Gasteiger partial charge in [-0.3, -0.25) is 0 Å². The maximum atomic E-state index is 13.7. The molecule has 2 rings (SSSR count). The van der Waals surface area contributed by atoms with E-state index in [1.807, 2.05) is 20.0 Å². The van der Waals surface area contributed by atoms with Crippen LogP contribution in [0.4, 0.5) is 4.39 Å². The molecule has 1 aromatic rings. The smallest absolute Gasteiger partial charge is 0.137 e. The Hall–Kier alpha value is -0.490. The molecule has 0 spiro atoms. The van der Waals surface area contributed by atoms with Crippen LogP contribution in [0.2, 0.25) is 0 Å². The van der Waals surface area contributed by atoms with Gasteiger partial charge < -0.3 is 14.8 Å². The number of hydrogen-bond donors (Lipinski definition) is 1. The van der Waals surface area contributed by atoms with E-state index in [9.17, 15) is 4.39 Å². The van der Waals surface area contributed by atoms with Gasteiger partial charge in [0.25, 0.3) is 0 Å². The van der Waals surface area contributed by atoms with E-state index in [0.29, 0.717) is 24.3 Å². The van der Waals surface area contributed by atoms with Gasteiger partial charge in [-0.2, -0.15) is 0 Å². The molecule has 3 nitrogen and oxygen atoms in total. The second kappa shape index (κ2) is 7.68. The van der Waals surface area contributed by atoms with Crippen molar-refractivity contribution in [2.75, 3.05) is 26.9 Å². The lowest BCUT2D eigenvalue weighted by atomic mass is 9.82. The average molecular weight is 360 g/mol. The molecule has 0 aromatic heterocycles. The van der Waals surface area contributed by atoms with Crippen molar-refractivity contribution >= 4 is 15.9 Å². The Labute approximate surface area is 134 Å². The lowest BCUT2D eigenvalue weighted by Crippen LogP contribution is -2.55. The summed E-state index contributed by atoms with van der Waals surface area (Å²) in [4.78, 5) is 0. The van der Waals surface area contributed by atoms with Crippen LogP contribution in [0.1, 0.15) is 25.3 Å². The molecule has 1 aromatic carbocycles. The first-order valence-corrected chi connectivity index (χ1v) is 8.24. The summed E-state index contributed by atoms with van der Waals surface area (Å²) >= 11 is 3.35. The molecule has 1 aliphatic heterocycles. The second-order valence-electron chi connectivity index (χ2n) is 5.37. The molecule has 0 bridgehead atoms. The van der Waals surface area contributed by atoms with Crippen molar-refractivity contribution in [1.82, 2.24) is 5.32 Å². The minimum Gasteiger partial charge on any atom is -0.381 e. The summed E-state index contributed by atoms with van der Waals surface area (Å²) in [5, 5.41) is 3.37. The first-order chi connectivity index (χ1) is 10.1. The minimum atomic E-state index is -0.243. The fourth-order valence-corrected chi connectivity index (χ4v) is 3.50. The van der Waals surface area contributed by atoms with E-state index in [4.69, 9.17) is 9.47 Å². The quantitative estimate of drug-likeness (QED) is 0.845. The van der Waals surface area contributed by atoms with E-state index in [1.165, 1.54) is 6.07 Å². The molecule has 1 atom stereocenters. The van der Waals surface area contributed by atoms with Crippen molar-refractivity contribution < 1.29 is 13.9 Å². The highest BCUT2D eigenvalue weighted by molar-refractivity contribution is 9.10. The minimum absolute atomic E-state index is 0.124. The maximum Gasteiger partial charge on any atom is 0.137 e. The Morgan fingerprint density at radius 3 is 2.76 bits per heavy atom. The molecule has 1 N–H and O–H groups in total. The standard InChI is InChI=1S/C16H23BrFNO2/c1-3-21-16(7-9-20-10-8-16)14(19-2)11-12-5-4-6-13(18)15(12)17/h4-6,14,19H,3,7-11H2,1-2H3. The van der Waals surface area contributed by atoms with Crippen molar-refractivity contribution in [1.29, 1.82) is 0 Å². The van der Waals surface area contributed by atoms with Gasteiger partial charge in [0.15, 0.2) is 0 Å². The first kappa shape index (κ1) is 16.9. The molecule has 1 heterocycles. The molecule has 0 radical (unpaired) electrons. The van der Waals surface area contributed by atoms with Gasteiger partial charge in [-0.25, -0.2) is 4.39 Å². The lowest BCUT2D eigenvalue weighted by Gasteiger charge is -2.43. The third kappa shape index (κ3) is 3.83. The summed E-state index contributed by atoms with van der Waals surface area (Å²) < 4.78 is 25.8. The van der Waals surface area contributed by atoms with Crippen LogP contribution in [0.25, 0.3) is 0 Å². The zero-order valence-corrected chi connectivity index (χ0v) is 14.2. The normalized spacial score (nSPS) is 19.4. The highest BCUT2D eigenvalue weighted by Gasteiger charge is 2.40. The summed E-state index contributed by atoms with van der Waals surface area (Å²) in [6.45, 7) is 4.11. The number of halogens is 2. The van der Waals surface area contributed by atoms with Gasteiger partial charge in [-0.15, -0.1) is 0 Å². The molecule has 118 valence electrons. The molecule has 1 unspecified atom stereocenters. The van der Waals surface area contributed by atoms with Crippen molar-refractivity contribution in [2.24, 2.45) is 0 Å². The summed E-state index contributed by atoms with van der Waals surface area (Å²) in [7, 11) is 1.94. The van der Waals surface area contributed by atoms with Gasteiger partial charge in [0, 0.05) is 38.7 Å². The summed E-state index contributed by atoms with van der Waals surface area (Å²) in [6.07, 6.45) is 2.44. The van der Waals surface area contributed by atoms with Crippen LogP contribution < -0.4 is 5.32 Å². The van der Waals surface area contributed by atoms with Crippen LogP contribution in [0.5, 0.6) is 0 Å². The number of nitrogens with one attached hydrogen (secondary N) is 1. The Morgan fingerprint density at radius 1 is 1.43 bits per heavy atom. The van der Waals surface area contributed by atoms with Gasteiger partial charge in [0.05, 0.1) is 10.1 Å². The van der Waals surface area contributed by atoms with Crippen LogP contribution in [0.3, 0.4) is 0 Å². The van der Waals surface area contributed by atoms with Gasteiger partial charge in [-0.05, 0) is 48.0 Å². The Balaban J connectivity index is 2.22. The number of hydrogen-bond acceptors (Lipinski definition) is 3. The van der Waals surface area contributed by atoms with Crippen LogP contribution in [0, 0.1) is 5.82 Å². The Bertz CT molecular complexity index is 458. The molecular weight excluding hydrogens is 337 g/mol. The lowest BCUT2D eigenvalue weighted by molar-refractivity contribution is -0.125. The van der Waals surface area contributed by atoms with E-state index >= 15 is 0 Å². The number of benzene rings is 1. The number of likely N-dealkylation sites (N-methyl/N-ethyl adjacent to an activating group) is 1. The predicted molar refractivity (Wildman–Crippen MR) is 85.1 cm³/mol. The third-order valence-electron chi connectivity index (χ3n) is 4.21. The molecule has 1 saturated heterocycles. The van der Waals surface area contributed by atoms with E-state index in [0.717, 1.165) is 24.8 Å². The Morgan fingerprint density at radius 2 is 2.14 bits per heavy atom. The largest absolute Gasteiger partial charge is 0.381 e. The third-order valence-corrected chi connectivity index (χ3v) is 5.10. The van der Waals surface area contributed by atoms with Crippen molar-refractivity contribution in [2.45, 2.75) is 37.8 Å².